The number of carbonyl (C=O) groups is 2. The third kappa shape index (κ3) is 5.74. The number of likely N-dealkylation sites (tertiary alicyclic amines) is 1. The summed E-state index contributed by atoms with van der Waals surface area (Å²) in [5, 5.41) is 8.06. The van der Waals surface area contributed by atoms with Gasteiger partial charge in [-0.05, 0) is 26.7 Å². The van der Waals surface area contributed by atoms with E-state index in [1.807, 2.05) is 18.7 Å². The van der Waals surface area contributed by atoms with E-state index in [1.165, 1.54) is 0 Å². The Kier molecular flexibility index (Phi) is 7.96. The monoisotopic (exact) mass is 409 g/mol. The second-order valence-corrected chi connectivity index (χ2v) is 7.19. The van der Waals surface area contributed by atoms with Gasteiger partial charge in [-0.15, -0.1) is 5.10 Å². The number of morpholine rings is 1. The third-order valence-electron chi connectivity index (χ3n) is 5.18. The lowest BCUT2D eigenvalue weighted by Crippen LogP contribution is -2.49. The molecule has 2 aliphatic heterocycles. The average molecular weight is 409 g/mol. The molecule has 3 heterocycles. The van der Waals surface area contributed by atoms with Crippen molar-refractivity contribution in [3.05, 3.63) is 11.9 Å². The molecule has 0 saturated carbocycles. The van der Waals surface area contributed by atoms with E-state index in [-0.39, 0.29) is 23.4 Å². The van der Waals surface area contributed by atoms with E-state index >= 15 is 0 Å². The number of aromatic nitrogens is 3. The number of hydrogen-bond acceptors (Lipinski definition) is 7. The van der Waals surface area contributed by atoms with Crippen molar-refractivity contribution in [3.8, 4) is 0 Å². The Morgan fingerprint density at radius 3 is 2.59 bits per heavy atom. The zero-order valence-electron chi connectivity index (χ0n) is 17.3. The number of hydrogen-bond donors (Lipinski definition) is 0. The van der Waals surface area contributed by atoms with Gasteiger partial charge < -0.3 is 24.0 Å². The molecule has 1 unspecified atom stereocenters. The number of piperidine rings is 1. The molecule has 0 aromatic carbocycles. The van der Waals surface area contributed by atoms with Crippen molar-refractivity contribution in [1.29, 1.82) is 0 Å². The summed E-state index contributed by atoms with van der Waals surface area (Å²) in [6.45, 7) is 8.65. The van der Waals surface area contributed by atoms with Crippen LogP contribution in [-0.2, 0) is 25.5 Å². The van der Waals surface area contributed by atoms with E-state index in [1.54, 1.807) is 15.8 Å². The van der Waals surface area contributed by atoms with Crippen molar-refractivity contribution in [2.24, 2.45) is 5.92 Å². The Morgan fingerprint density at radius 1 is 1.17 bits per heavy atom. The Hall–Kier alpha value is -2.04. The van der Waals surface area contributed by atoms with Crippen molar-refractivity contribution in [2.75, 3.05) is 52.6 Å². The Balaban J connectivity index is 1.58. The smallest absolute Gasteiger partial charge is 0.276 e. The summed E-state index contributed by atoms with van der Waals surface area (Å²) in [6.07, 6.45) is 2.79. The molecule has 1 atom stereocenters. The minimum absolute atomic E-state index is 0.116. The molecule has 2 aliphatic rings. The summed E-state index contributed by atoms with van der Waals surface area (Å²) in [6, 6.07) is 0. The molecule has 2 saturated heterocycles. The lowest BCUT2D eigenvalue weighted by atomic mass is 9.96. The molecule has 2 amide bonds. The molecule has 0 radical (unpaired) electrons. The highest BCUT2D eigenvalue weighted by atomic mass is 16.7. The predicted octanol–water partition coefficient (Wildman–Crippen LogP) is 0.388. The second kappa shape index (κ2) is 10.7. The summed E-state index contributed by atoms with van der Waals surface area (Å²) < 4.78 is 17.9. The lowest BCUT2D eigenvalue weighted by Gasteiger charge is -2.35. The molecule has 0 bridgehead atoms. The molecule has 1 aromatic rings. The van der Waals surface area contributed by atoms with Gasteiger partial charge in [-0.3, -0.25) is 9.59 Å². The van der Waals surface area contributed by atoms with Gasteiger partial charge in [0.05, 0.1) is 31.9 Å². The van der Waals surface area contributed by atoms with Crippen LogP contribution in [0.5, 0.6) is 0 Å². The summed E-state index contributed by atoms with van der Waals surface area (Å²) >= 11 is 0. The van der Waals surface area contributed by atoms with Gasteiger partial charge in [0, 0.05) is 39.4 Å². The third-order valence-corrected chi connectivity index (χ3v) is 5.18. The average Bonchev–Trinajstić information content (AvgIpc) is 3.22. The fourth-order valence-corrected chi connectivity index (χ4v) is 3.73. The minimum Gasteiger partial charge on any atom is -0.378 e. The molecule has 162 valence electrons. The second-order valence-electron chi connectivity index (χ2n) is 7.19. The molecule has 0 aliphatic carbocycles. The van der Waals surface area contributed by atoms with Gasteiger partial charge in [0.15, 0.2) is 12.0 Å². The number of carbonyl (C=O) groups excluding carboxylic acids is 2. The number of rotatable bonds is 8. The van der Waals surface area contributed by atoms with Crippen molar-refractivity contribution in [2.45, 2.75) is 39.5 Å². The molecular weight excluding hydrogens is 378 g/mol. The topological polar surface area (TPSA) is 99.0 Å². The van der Waals surface area contributed by atoms with Crippen LogP contribution >= 0.6 is 0 Å². The van der Waals surface area contributed by atoms with Crippen molar-refractivity contribution < 1.29 is 23.8 Å². The van der Waals surface area contributed by atoms with Crippen LogP contribution in [0.2, 0.25) is 0 Å². The molecular formula is C19H31N5O5. The van der Waals surface area contributed by atoms with Crippen LogP contribution < -0.4 is 0 Å². The van der Waals surface area contributed by atoms with Gasteiger partial charge in [0.1, 0.15) is 0 Å². The zero-order chi connectivity index (χ0) is 20.6. The maximum atomic E-state index is 12.9. The molecule has 29 heavy (non-hydrogen) atoms. The van der Waals surface area contributed by atoms with Crippen molar-refractivity contribution in [1.82, 2.24) is 24.8 Å². The Bertz CT molecular complexity index is 670. The van der Waals surface area contributed by atoms with Crippen molar-refractivity contribution >= 4 is 11.8 Å². The fourth-order valence-electron chi connectivity index (χ4n) is 3.73. The first-order valence-electron chi connectivity index (χ1n) is 10.4. The first kappa shape index (κ1) is 21.7. The predicted molar refractivity (Wildman–Crippen MR) is 103 cm³/mol. The van der Waals surface area contributed by atoms with E-state index in [4.69, 9.17) is 14.2 Å². The molecule has 10 heteroatoms. The minimum atomic E-state index is -0.430. The van der Waals surface area contributed by atoms with E-state index in [0.29, 0.717) is 59.2 Å². The SMILES string of the molecule is CCOC(Cn1cc(C(=O)N2CCCC(C(=O)N3CCOCC3)C2)nn1)OCC. The lowest BCUT2D eigenvalue weighted by molar-refractivity contribution is -0.145. The fraction of sp³-hybridized carbons (Fsp3) is 0.789. The highest BCUT2D eigenvalue weighted by molar-refractivity contribution is 5.92. The quantitative estimate of drug-likeness (QED) is 0.573. The maximum Gasteiger partial charge on any atom is 0.276 e. The van der Waals surface area contributed by atoms with Crippen molar-refractivity contribution in [3.63, 3.8) is 0 Å². The van der Waals surface area contributed by atoms with Crippen LogP contribution in [0.1, 0.15) is 37.2 Å². The summed E-state index contributed by atoms with van der Waals surface area (Å²) in [5.74, 6) is -0.244. The molecule has 2 fully saturated rings. The van der Waals surface area contributed by atoms with Crippen LogP contribution in [-0.4, -0.2) is 95.5 Å². The molecule has 3 rings (SSSR count). The van der Waals surface area contributed by atoms with Gasteiger partial charge in [-0.1, -0.05) is 5.21 Å². The van der Waals surface area contributed by atoms with E-state index in [9.17, 15) is 9.59 Å². The van der Waals surface area contributed by atoms with E-state index in [2.05, 4.69) is 10.3 Å². The van der Waals surface area contributed by atoms with Gasteiger partial charge in [0.25, 0.3) is 5.91 Å². The van der Waals surface area contributed by atoms with Crippen LogP contribution in [0, 0.1) is 5.92 Å². The summed E-state index contributed by atoms with van der Waals surface area (Å²) in [4.78, 5) is 29.2. The Labute approximate surface area is 171 Å². The first-order valence-corrected chi connectivity index (χ1v) is 10.4. The number of amides is 2. The first-order chi connectivity index (χ1) is 14.1. The maximum absolute atomic E-state index is 12.9. The normalized spacial score (nSPS) is 20.3. The van der Waals surface area contributed by atoms with E-state index in [0.717, 1.165) is 12.8 Å². The zero-order valence-corrected chi connectivity index (χ0v) is 17.3. The molecule has 0 N–H and O–H groups in total. The summed E-state index contributed by atoms with van der Waals surface area (Å²) in [7, 11) is 0. The van der Waals surface area contributed by atoms with Gasteiger partial charge in [0.2, 0.25) is 5.91 Å². The van der Waals surface area contributed by atoms with Gasteiger partial charge in [-0.2, -0.15) is 0 Å². The van der Waals surface area contributed by atoms with Crippen LogP contribution in [0.15, 0.2) is 6.20 Å². The number of ether oxygens (including phenoxy) is 3. The van der Waals surface area contributed by atoms with E-state index < -0.39 is 6.29 Å². The van der Waals surface area contributed by atoms with Gasteiger partial charge in [-0.25, -0.2) is 4.68 Å². The van der Waals surface area contributed by atoms with Crippen LogP contribution in [0.3, 0.4) is 0 Å². The largest absolute Gasteiger partial charge is 0.378 e. The van der Waals surface area contributed by atoms with Crippen LogP contribution in [0.4, 0.5) is 0 Å². The summed E-state index contributed by atoms with van der Waals surface area (Å²) in [5.41, 5.74) is 0.274. The molecule has 1 aromatic heterocycles. The molecule has 0 spiro atoms. The Morgan fingerprint density at radius 2 is 1.90 bits per heavy atom. The molecule has 10 nitrogen and oxygen atoms in total. The highest BCUT2D eigenvalue weighted by Crippen LogP contribution is 2.21. The standard InChI is InChI=1S/C19H31N5O5/c1-3-28-17(29-4-2)14-24-13-16(20-21-24)19(26)23-7-5-6-15(12-23)18(25)22-8-10-27-11-9-22/h13,15,17H,3-12,14H2,1-2H3. The number of nitrogens with zero attached hydrogens (tertiary/aromatic N) is 5. The van der Waals surface area contributed by atoms with Crippen LogP contribution in [0.25, 0.3) is 0 Å². The highest BCUT2D eigenvalue weighted by Gasteiger charge is 2.33. The van der Waals surface area contributed by atoms with Gasteiger partial charge >= 0.3 is 0 Å².